The van der Waals surface area contributed by atoms with Gasteiger partial charge in [-0.25, -0.2) is 14.4 Å². The Kier molecular flexibility index (Phi) is 10.6. The zero-order valence-electron chi connectivity index (χ0n) is 24.8. The van der Waals surface area contributed by atoms with Crippen LogP contribution < -0.4 is 4.74 Å². The predicted molar refractivity (Wildman–Crippen MR) is 152 cm³/mol. The van der Waals surface area contributed by atoms with Gasteiger partial charge in [-0.15, -0.1) is 0 Å². The number of ether oxygens (including phenoxy) is 4. The Bertz CT molecular complexity index is 1300. The first-order chi connectivity index (χ1) is 20.9. The molecular formula is C32H38F3NO8. The lowest BCUT2D eigenvalue weighted by atomic mass is 9.52. The summed E-state index contributed by atoms with van der Waals surface area (Å²) in [5, 5.41) is 7.12. The van der Waals surface area contributed by atoms with Gasteiger partial charge in [0.2, 0.25) is 6.79 Å². The Morgan fingerprint density at radius 3 is 2.43 bits per heavy atom. The molecule has 1 amide bonds. The molecule has 0 aromatic heterocycles. The lowest BCUT2D eigenvalue weighted by Gasteiger charge is -2.58. The molecule has 3 atom stereocenters. The highest BCUT2D eigenvalue weighted by molar-refractivity contribution is 5.73. The molecule has 2 aromatic rings. The fraction of sp³-hybridized carbons (Fsp3) is 0.531. The van der Waals surface area contributed by atoms with E-state index in [4.69, 9.17) is 28.8 Å². The summed E-state index contributed by atoms with van der Waals surface area (Å²) < 4.78 is 53.4. The van der Waals surface area contributed by atoms with Gasteiger partial charge in [0.1, 0.15) is 12.4 Å². The van der Waals surface area contributed by atoms with Crippen molar-refractivity contribution in [3.05, 3.63) is 65.2 Å². The molecule has 2 aromatic carbocycles. The third-order valence-corrected chi connectivity index (χ3v) is 8.43. The number of aliphatic carboxylic acids is 1. The first-order valence-corrected chi connectivity index (χ1v) is 14.7. The summed E-state index contributed by atoms with van der Waals surface area (Å²) in [5.74, 6) is -1.41. The fourth-order valence-corrected chi connectivity index (χ4v) is 6.53. The number of rotatable bonds is 7. The summed E-state index contributed by atoms with van der Waals surface area (Å²) in [6, 6.07) is 16.2. The van der Waals surface area contributed by atoms with Crippen molar-refractivity contribution in [3.63, 3.8) is 0 Å². The van der Waals surface area contributed by atoms with E-state index in [1.54, 1.807) is 0 Å². The molecule has 1 heterocycles. The summed E-state index contributed by atoms with van der Waals surface area (Å²) in [5.41, 5.74) is 3.65. The third-order valence-electron chi connectivity index (χ3n) is 8.43. The standard InChI is InChI=1S/C30H37NO6.C2HF3O2/c1-21(2)18-35-29(33)37-20-36-24-12-11-23-16-27-25-10-6-7-13-30(25,26(23)17-24)14-15-31(27)28(32)34-19-22-8-4-3-5-9-22;3-2(4,5)1(6)7/h3-5,8-9,11-12,17,21,25,27H,6-7,10,13-16,18-20H2,1-2H3;(H,6,7)/t25-,27+,30-;/m1./s1. The first-order valence-electron chi connectivity index (χ1n) is 14.7. The number of fused-ring (bicyclic) bond motifs is 1. The Morgan fingerprint density at radius 2 is 1.75 bits per heavy atom. The van der Waals surface area contributed by atoms with Crippen LogP contribution in [0, 0.1) is 11.8 Å². The molecule has 0 radical (unpaired) electrons. The number of nitrogens with zero attached hydrogens (tertiary/aromatic N) is 1. The van der Waals surface area contributed by atoms with Gasteiger partial charge < -0.3 is 29.0 Å². The van der Waals surface area contributed by atoms with Crippen molar-refractivity contribution >= 4 is 18.2 Å². The Hall–Kier alpha value is -3.96. The van der Waals surface area contributed by atoms with Crippen LogP contribution in [0.4, 0.5) is 22.8 Å². The Balaban J connectivity index is 0.000000566. The van der Waals surface area contributed by atoms with E-state index < -0.39 is 18.3 Å². The van der Waals surface area contributed by atoms with Gasteiger partial charge in [-0.3, -0.25) is 0 Å². The van der Waals surface area contributed by atoms with Crippen LogP contribution in [0.3, 0.4) is 0 Å². The number of likely N-dealkylation sites (tertiary alicyclic amines) is 1. The monoisotopic (exact) mass is 621 g/mol. The molecule has 3 aliphatic rings. The number of carbonyl (C=O) groups excluding carboxylic acids is 2. The minimum absolute atomic E-state index is 0.0448. The van der Waals surface area contributed by atoms with Gasteiger partial charge in [0, 0.05) is 18.0 Å². The average molecular weight is 622 g/mol. The van der Waals surface area contributed by atoms with Gasteiger partial charge in [-0.05, 0) is 66.3 Å². The second-order valence-corrected chi connectivity index (χ2v) is 11.7. The number of piperidine rings is 1. The SMILES string of the molecule is CC(C)COC(=O)OCOc1ccc2c(c1)[C@@]13CCCC[C@@H]1[C@H](C2)N(C(=O)OCc1ccccc1)CC3.O=C(O)C(F)(F)F. The third kappa shape index (κ3) is 7.95. The van der Waals surface area contributed by atoms with Crippen molar-refractivity contribution < 1.29 is 51.6 Å². The zero-order valence-corrected chi connectivity index (χ0v) is 24.8. The molecule has 2 bridgehead atoms. The number of alkyl halides is 3. The maximum Gasteiger partial charge on any atom is 0.511 e. The van der Waals surface area contributed by atoms with E-state index in [9.17, 15) is 22.8 Å². The van der Waals surface area contributed by atoms with Crippen molar-refractivity contribution in [2.24, 2.45) is 11.8 Å². The molecule has 1 N–H and O–H groups in total. The van der Waals surface area contributed by atoms with E-state index in [1.807, 2.05) is 55.1 Å². The number of carboxylic acid groups (broad SMARTS) is 1. The number of hydrogen-bond acceptors (Lipinski definition) is 7. The second-order valence-electron chi connectivity index (χ2n) is 11.7. The molecule has 2 aliphatic carbocycles. The van der Waals surface area contributed by atoms with E-state index in [2.05, 4.69) is 12.1 Å². The molecule has 1 aliphatic heterocycles. The van der Waals surface area contributed by atoms with Crippen molar-refractivity contribution in [2.75, 3.05) is 19.9 Å². The number of carboxylic acids is 1. The van der Waals surface area contributed by atoms with Crippen molar-refractivity contribution in [2.45, 2.75) is 76.6 Å². The average Bonchev–Trinajstić information content (AvgIpc) is 2.99. The van der Waals surface area contributed by atoms with Crippen LogP contribution in [-0.4, -0.2) is 60.4 Å². The maximum absolute atomic E-state index is 13.2. The molecular weight excluding hydrogens is 583 g/mol. The van der Waals surface area contributed by atoms with Crippen LogP contribution in [0.2, 0.25) is 0 Å². The second kappa shape index (κ2) is 14.2. The van der Waals surface area contributed by atoms with Crippen LogP contribution in [-0.2, 0) is 37.4 Å². The lowest BCUT2D eigenvalue weighted by Crippen LogP contribution is -2.62. The summed E-state index contributed by atoms with van der Waals surface area (Å²) in [6.45, 7) is 5.07. The fourth-order valence-electron chi connectivity index (χ4n) is 6.53. The molecule has 44 heavy (non-hydrogen) atoms. The van der Waals surface area contributed by atoms with E-state index in [-0.39, 0.29) is 30.3 Å². The van der Waals surface area contributed by atoms with E-state index in [0.29, 0.717) is 31.4 Å². The highest BCUT2D eigenvalue weighted by Crippen LogP contribution is 2.56. The van der Waals surface area contributed by atoms with Crippen LogP contribution in [0.25, 0.3) is 0 Å². The van der Waals surface area contributed by atoms with E-state index in [1.165, 1.54) is 24.0 Å². The number of hydrogen-bond donors (Lipinski definition) is 1. The van der Waals surface area contributed by atoms with Crippen molar-refractivity contribution in [1.82, 2.24) is 4.90 Å². The summed E-state index contributed by atoms with van der Waals surface area (Å²) in [6.07, 6.45) is 0.344. The van der Waals surface area contributed by atoms with Gasteiger partial charge in [0.25, 0.3) is 0 Å². The van der Waals surface area contributed by atoms with Gasteiger partial charge >= 0.3 is 24.4 Å². The Labute approximate surface area is 254 Å². The quantitative estimate of drug-likeness (QED) is 0.264. The molecule has 240 valence electrons. The summed E-state index contributed by atoms with van der Waals surface area (Å²) >= 11 is 0. The Morgan fingerprint density at radius 1 is 1.02 bits per heavy atom. The number of benzene rings is 2. The zero-order chi connectivity index (χ0) is 31.9. The van der Waals surface area contributed by atoms with Crippen molar-refractivity contribution in [3.8, 4) is 5.75 Å². The van der Waals surface area contributed by atoms with Crippen LogP contribution in [0.1, 0.15) is 62.6 Å². The normalized spacial score (nSPS) is 22.0. The topological polar surface area (TPSA) is 112 Å². The molecule has 0 unspecified atom stereocenters. The van der Waals surface area contributed by atoms with E-state index in [0.717, 1.165) is 31.2 Å². The van der Waals surface area contributed by atoms with Crippen molar-refractivity contribution in [1.29, 1.82) is 0 Å². The number of halogens is 3. The minimum atomic E-state index is -5.08. The van der Waals surface area contributed by atoms with Crippen LogP contribution in [0.5, 0.6) is 5.75 Å². The smallest absolute Gasteiger partial charge is 0.475 e. The molecule has 5 rings (SSSR count). The molecule has 2 fully saturated rings. The van der Waals surface area contributed by atoms with Crippen LogP contribution >= 0.6 is 0 Å². The van der Waals surface area contributed by atoms with E-state index >= 15 is 0 Å². The largest absolute Gasteiger partial charge is 0.511 e. The van der Waals surface area contributed by atoms with Gasteiger partial charge in [0.15, 0.2) is 0 Å². The molecule has 12 heteroatoms. The summed E-state index contributed by atoms with van der Waals surface area (Å²) in [7, 11) is 0. The first kappa shape index (κ1) is 32.9. The van der Waals surface area contributed by atoms with Gasteiger partial charge in [-0.2, -0.15) is 13.2 Å². The molecule has 1 saturated carbocycles. The molecule has 0 spiro atoms. The maximum atomic E-state index is 13.2. The summed E-state index contributed by atoms with van der Waals surface area (Å²) in [4.78, 5) is 35.8. The highest BCUT2D eigenvalue weighted by Gasteiger charge is 2.55. The molecule has 1 saturated heterocycles. The van der Waals surface area contributed by atoms with Crippen LogP contribution in [0.15, 0.2) is 48.5 Å². The van der Waals surface area contributed by atoms with Gasteiger partial charge in [-0.1, -0.05) is 63.1 Å². The van der Waals surface area contributed by atoms with Gasteiger partial charge in [0.05, 0.1) is 6.61 Å². The predicted octanol–water partition coefficient (Wildman–Crippen LogP) is 6.86. The number of carbonyl (C=O) groups is 3. The number of amides is 1. The lowest BCUT2D eigenvalue weighted by molar-refractivity contribution is -0.192. The molecule has 9 nitrogen and oxygen atoms in total. The minimum Gasteiger partial charge on any atom is -0.475 e. The highest BCUT2D eigenvalue weighted by atomic mass is 19.4.